The molecule has 3 aromatic rings. The van der Waals surface area contributed by atoms with Gasteiger partial charge < -0.3 is 32.7 Å². The number of rotatable bonds is 21. The van der Waals surface area contributed by atoms with Crippen LogP contribution in [0.5, 0.6) is 11.5 Å². The van der Waals surface area contributed by atoms with Crippen molar-refractivity contribution in [3.8, 4) is 17.6 Å². The van der Waals surface area contributed by atoms with Gasteiger partial charge in [0.25, 0.3) is 8.53 Å². The van der Waals surface area contributed by atoms with Crippen molar-refractivity contribution in [3.05, 3.63) is 95.6 Å². The molecular formula is C38H52BN2O7P. The minimum Gasteiger partial charge on any atom is -0.497 e. The second kappa shape index (κ2) is 19.4. The molecule has 3 rings (SSSR count). The molecule has 0 aliphatic rings. The quantitative estimate of drug-likeness (QED) is 0.0485. The minimum absolute atomic E-state index is 0.0550. The van der Waals surface area contributed by atoms with E-state index in [-0.39, 0.29) is 31.7 Å². The van der Waals surface area contributed by atoms with Gasteiger partial charge in [0.2, 0.25) is 0 Å². The first-order chi connectivity index (χ1) is 23.6. The molecule has 0 fully saturated rings. The normalized spacial score (nSPS) is 15.1. The van der Waals surface area contributed by atoms with Gasteiger partial charge in [0, 0.05) is 32.3 Å². The molecule has 1 unspecified atom stereocenters. The number of nitriles is 1. The summed E-state index contributed by atoms with van der Waals surface area (Å²) in [5, 5.41) is 9.27. The first kappa shape index (κ1) is 40.4. The van der Waals surface area contributed by atoms with E-state index in [4.69, 9.17) is 40.6 Å². The maximum atomic E-state index is 9.27. The molecule has 0 aliphatic carbocycles. The van der Waals surface area contributed by atoms with Crippen molar-refractivity contribution in [3.63, 3.8) is 0 Å². The Morgan fingerprint density at radius 3 is 1.71 bits per heavy atom. The minimum atomic E-state index is -1.69. The Morgan fingerprint density at radius 1 is 0.796 bits per heavy atom. The standard InChI is InChI=1S/C38H52BN2O7P/c1-10-37(45-9,35(36(39)44-8)48-49(47-26-14-25-40)41(28(2)3)29(4)5)27-46-38(30-15-12-11-13-16-30,31-17-21-33(42-6)22-18-31)32-19-23-34(43-7)24-20-32/h11-13,15-24,28-29,35-36H,10,14,26-27H2,1-9H3/t35-,36+,37+,49?/m0/s1. The molecule has 0 spiro atoms. The Balaban J connectivity index is 2.22. The molecule has 0 aromatic heterocycles. The Kier molecular flexibility index (Phi) is 16.0. The average Bonchev–Trinajstić information content (AvgIpc) is 3.13. The maximum absolute atomic E-state index is 9.27. The fourth-order valence-electron chi connectivity index (χ4n) is 5.98. The van der Waals surface area contributed by atoms with Crippen LogP contribution in [0.2, 0.25) is 0 Å². The SMILES string of the molecule is [B][C@H](OC)[C@H](OP(OCCC#N)N(C(C)C)C(C)C)[C@@](CC)(COC(c1ccccc1)(c1ccc(OC)cc1)c1ccc(OC)cc1)OC. The van der Waals surface area contributed by atoms with Crippen LogP contribution < -0.4 is 9.47 Å². The number of nitrogens with zero attached hydrogens (tertiary/aromatic N) is 2. The van der Waals surface area contributed by atoms with Crippen molar-refractivity contribution in [2.45, 2.75) is 82.9 Å². The van der Waals surface area contributed by atoms with E-state index in [1.165, 1.54) is 0 Å². The summed E-state index contributed by atoms with van der Waals surface area (Å²) in [5.74, 6) is 1.45. The van der Waals surface area contributed by atoms with Crippen LogP contribution in [0.15, 0.2) is 78.9 Å². The van der Waals surface area contributed by atoms with Gasteiger partial charge in [0.15, 0.2) is 0 Å². The second-order valence-corrected chi connectivity index (χ2v) is 13.6. The summed E-state index contributed by atoms with van der Waals surface area (Å²) in [7, 11) is 11.5. The molecule has 9 nitrogen and oxygen atoms in total. The van der Waals surface area contributed by atoms with Crippen molar-refractivity contribution < 1.29 is 32.7 Å². The predicted molar refractivity (Wildman–Crippen MR) is 195 cm³/mol. The van der Waals surface area contributed by atoms with Gasteiger partial charge in [-0.2, -0.15) is 5.26 Å². The molecule has 0 heterocycles. The van der Waals surface area contributed by atoms with Crippen LogP contribution in [0.4, 0.5) is 0 Å². The molecule has 3 aromatic carbocycles. The van der Waals surface area contributed by atoms with Crippen LogP contribution >= 0.6 is 8.53 Å². The van der Waals surface area contributed by atoms with Gasteiger partial charge in [-0.25, -0.2) is 4.67 Å². The smallest absolute Gasteiger partial charge is 0.259 e. The predicted octanol–water partition coefficient (Wildman–Crippen LogP) is 7.61. The first-order valence-electron chi connectivity index (χ1n) is 16.6. The van der Waals surface area contributed by atoms with Gasteiger partial charge in [-0.1, -0.05) is 61.5 Å². The lowest BCUT2D eigenvalue weighted by Gasteiger charge is -2.46. The highest BCUT2D eigenvalue weighted by atomic mass is 31.2. The fraction of sp³-hybridized carbons (Fsp3) is 0.500. The number of methoxy groups -OCH3 is 4. The second-order valence-electron chi connectivity index (χ2n) is 12.2. The van der Waals surface area contributed by atoms with Crippen LogP contribution in [-0.2, 0) is 28.9 Å². The molecule has 0 N–H and O–H groups in total. The van der Waals surface area contributed by atoms with E-state index in [0.29, 0.717) is 6.42 Å². The summed E-state index contributed by atoms with van der Waals surface area (Å²) >= 11 is 0. The molecule has 11 heteroatoms. The monoisotopic (exact) mass is 690 g/mol. The Labute approximate surface area is 296 Å². The zero-order chi connectivity index (χ0) is 36.0. The lowest BCUT2D eigenvalue weighted by molar-refractivity contribution is -0.175. The van der Waals surface area contributed by atoms with Crippen LogP contribution in [0.1, 0.15) is 64.2 Å². The summed E-state index contributed by atoms with van der Waals surface area (Å²) in [6, 6.07) is 27.2. The van der Waals surface area contributed by atoms with E-state index in [1.54, 1.807) is 28.4 Å². The van der Waals surface area contributed by atoms with Crippen LogP contribution in [0.3, 0.4) is 0 Å². The van der Waals surface area contributed by atoms with Crippen LogP contribution in [0, 0.1) is 11.3 Å². The third kappa shape index (κ3) is 9.62. The van der Waals surface area contributed by atoms with E-state index >= 15 is 0 Å². The largest absolute Gasteiger partial charge is 0.497 e. The van der Waals surface area contributed by atoms with Crippen molar-refractivity contribution >= 4 is 16.4 Å². The average molecular weight is 691 g/mol. The highest BCUT2D eigenvalue weighted by molar-refractivity contribution is 7.44. The van der Waals surface area contributed by atoms with E-state index in [9.17, 15) is 5.26 Å². The molecule has 264 valence electrons. The summed E-state index contributed by atoms with van der Waals surface area (Å²) < 4.78 is 45.8. The topological polar surface area (TPSA) is 91.6 Å². The summed E-state index contributed by atoms with van der Waals surface area (Å²) in [5.41, 5.74) is 0.469. The number of hydrogen-bond acceptors (Lipinski definition) is 9. The molecule has 0 aliphatic heterocycles. The third-order valence-electron chi connectivity index (χ3n) is 8.67. The van der Waals surface area contributed by atoms with E-state index in [0.717, 1.165) is 28.2 Å². The van der Waals surface area contributed by atoms with Gasteiger partial charge in [0.05, 0.1) is 39.9 Å². The molecule has 0 bridgehead atoms. The van der Waals surface area contributed by atoms with Crippen LogP contribution in [-0.4, -0.2) is 84.0 Å². The number of benzene rings is 3. The molecule has 0 saturated carbocycles. The molecule has 0 amide bonds. The van der Waals surface area contributed by atoms with Crippen LogP contribution in [0.25, 0.3) is 0 Å². The maximum Gasteiger partial charge on any atom is 0.259 e. The van der Waals surface area contributed by atoms with E-state index in [1.807, 2.05) is 73.7 Å². The zero-order valence-electron chi connectivity index (χ0n) is 30.4. The number of ether oxygens (including phenoxy) is 5. The Hall–Kier alpha value is -3.00. The van der Waals surface area contributed by atoms with Crippen molar-refractivity contribution in [1.82, 2.24) is 4.67 Å². The van der Waals surface area contributed by atoms with Gasteiger partial charge in [-0.05, 0) is 75.1 Å². The highest BCUT2D eigenvalue weighted by Crippen LogP contribution is 2.50. The van der Waals surface area contributed by atoms with Crippen molar-refractivity contribution in [2.75, 3.05) is 41.7 Å². The van der Waals surface area contributed by atoms with Crippen molar-refractivity contribution in [1.29, 1.82) is 5.26 Å². The molecule has 49 heavy (non-hydrogen) atoms. The van der Waals surface area contributed by atoms with Crippen molar-refractivity contribution in [2.24, 2.45) is 0 Å². The van der Waals surface area contributed by atoms with Gasteiger partial charge >= 0.3 is 0 Å². The summed E-state index contributed by atoms with van der Waals surface area (Å²) in [6.07, 6.45) is -0.143. The van der Waals surface area contributed by atoms with Gasteiger partial charge in [0.1, 0.15) is 36.7 Å². The third-order valence-corrected chi connectivity index (χ3v) is 10.8. The van der Waals surface area contributed by atoms with Gasteiger partial charge in [-0.15, -0.1) is 0 Å². The fourth-order valence-corrected chi connectivity index (χ4v) is 7.79. The Morgan fingerprint density at radius 2 is 1.31 bits per heavy atom. The Bertz CT molecular complexity index is 1360. The van der Waals surface area contributed by atoms with Gasteiger partial charge in [-0.3, -0.25) is 0 Å². The summed E-state index contributed by atoms with van der Waals surface area (Å²) in [6.45, 7) is 10.6. The lowest BCUT2D eigenvalue weighted by Crippen LogP contribution is -2.56. The van der Waals surface area contributed by atoms with E-state index in [2.05, 4.69) is 50.6 Å². The lowest BCUT2D eigenvalue weighted by atomic mass is 9.78. The molecule has 4 atom stereocenters. The summed E-state index contributed by atoms with van der Waals surface area (Å²) in [4.78, 5) is 0. The molecular weight excluding hydrogens is 638 g/mol. The zero-order valence-corrected chi connectivity index (χ0v) is 31.3. The first-order valence-corrected chi connectivity index (χ1v) is 17.8. The number of hydrogen-bond donors (Lipinski definition) is 0. The molecule has 0 saturated heterocycles. The van der Waals surface area contributed by atoms with E-state index < -0.39 is 31.8 Å². The highest BCUT2D eigenvalue weighted by Gasteiger charge is 2.48. The molecule has 2 radical (unpaired) electrons.